The van der Waals surface area contributed by atoms with Crippen molar-refractivity contribution in [3.63, 3.8) is 0 Å². The molecule has 0 radical (unpaired) electrons. The van der Waals surface area contributed by atoms with Crippen LogP contribution in [0.1, 0.15) is 0 Å². The Morgan fingerprint density at radius 1 is 0.812 bits per heavy atom. The molecule has 2 aromatic heterocycles. The van der Waals surface area contributed by atoms with Crippen molar-refractivity contribution >= 4 is 0 Å². The van der Waals surface area contributed by atoms with Gasteiger partial charge in [0.05, 0.1) is 0 Å². The standard InChI is InChI=1S/C12H10N4/c1-2-11(15-6-4-13-9-15)8-12(3-1)16-7-5-14-10-16/h1-10H/p+2. The van der Waals surface area contributed by atoms with Crippen LogP contribution in [-0.2, 0) is 0 Å². The molecule has 16 heavy (non-hydrogen) atoms. The molecule has 0 unspecified atom stereocenters. The van der Waals surface area contributed by atoms with Gasteiger partial charge in [-0.25, -0.2) is 19.1 Å². The van der Waals surface area contributed by atoms with E-state index >= 15 is 0 Å². The predicted molar refractivity (Wildman–Crippen MR) is 58.2 cm³/mol. The Balaban J connectivity index is 2.07. The fourth-order valence-corrected chi connectivity index (χ4v) is 1.71. The largest absolute Gasteiger partial charge is 0.250 e. The predicted octanol–water partition coefficient (Wildman–Crippen LogP) is 0.896. The molecule has 2 heterocycles. The van der Waals surface area contributed by atoms with Crippen molar-refractivity contribution < 1.29 is 9.13 Å². The van der Waals surface area contributed by atoms with Crippen molar-refractivity contribution in [1.82, 2.24) is 9.97 Å². The van der Waals surface area contributed by atoms with Gasteiger partial charge in [0.25, 0.3) is 0 Å². The molecule has 0 aliphatic heterocycles. The number of rotatable bonds is 2. The third-order valence-corrected chi connectivity index (χ3v) is 2.52. The van der Waals surface area contributed by atoms with Gasteiger partial charge in [-0.1, -0.05) is 6.07 Å². The summed E-state index contributed by atoms with van der Waals surface area (Å²) in [4.78, 5) is 6.06. The second-order valence-electron chi connectivity index (χ2n) is 3.56. The zero-order chi connectivity index (χ0) is 10.8. The first-order valence-corrected chi connectivity index (χ1v) is 5.12. The molecule has 0 fully saturated rings. The van der Waals surface area contributed by atoms with Gasteiger partial charge in [-0.05, 0) is 12.1 Å². The zero-order valence-electron chi connectivity index (χ0n) is 8.67. The highest BCUT2D eigenvalue weighted by atomic mass is 15.0. The van der Waals surface area contributed by atoms with E-state index in [-0.39, 0.29) is 0 Å². The van der Waals surface area contributed by atoms with Crippen molar-refractivity contribution in [3.05, 3.63) is 61.7 Å². The zero-order valence-corrected chi connectivity index (χ0v) is 8.67. The lowest BCUT2D eigenvalue weighted by atomic mass is 10.2. The lowest BCUT2D eigenvalue weighted by molar-refractivity contribution is -0.602. The summed E-state index contributed by atoms with van der Waals surface area (Å²) in [7, 11) is 0. The molecule has 3 rings (SSSR count). The van der Waals surface area contributed by atoms with Crippen LogP contribution in [0.3, 0.4) is 0 Å². The normalized spacial score (nSPS) is 10.5. The van der Waals surface area contributed by atoms with Crippen LogP contribution in [0.15, 0.2) is 61.7 Å². The van der Waals surface area contributed by atoms with Gasteiger partial charge in [0.15, 0.2) is 0 Å². The summed E-state index contributed by atoms with van der Waals surface area (Å²) in [6.45, 7) is 0. The summed E-state index contributed by atoms with van der Waals surface area (Å²) in [6.07, 6.45) is 11.6. The number of aromatic amines is 2. The van der Waals surface area contributed by atoms with Crippen LogP contribution < -0.4 is 9.13 Å². The maximum absolute atomic E-state index is 3.03. The average Bonchev–Trinajstić information content (AvgIpc) is 3.03. The summed E-state index contributed by atoms with van der Waals surface area (Å²) in [5.41, 5.74) is 2.26. The number of nitrogens with zero attached hydrogens (tertiary/aromatic N) is 2. The SMILES string of the molecule is c1cc(-[n+]2cc[nH]c2)cc(-[n+]2cc[nH]c2)c1. The average molecular weight is 212 g/mol. The lowest BCUT2D eigenvalue weighted by Crippen LogP contribution is -2.30. The molecule has 78 valence electrons. The maximum atomic E-state index is 3.03. The molecule has 3 aromatic rings. The van der Waals surface area contributed by atoms with E-state index < -0.39 is 0 Å². The lowest BCUT2D eigenvalue weighted by Gasteiger charge is -1.98. The molecule has 0 spiro atoms. The number of aromatic nitrogens is 4. The number of imidazole rings is 2. The second kappa shape index (κ2) is 3.66. The molecule has 0 atom stereocenters. The van der Waals surface area contributed by atoms with Crippen LogP contribution in [0.2, 0.25) is 0 Å². The van der Waals surface area contributed by atoms with E-state index in [9.17, 15) is 0 Å². The highest BCUT2D eigenvalue weighted by molar-refractivity contribution is 5.33. The highest BCUT2D eigenvalue weighted by Crippen LogP contribution is 2.04. The first-order chi connectivity index (χ1) is 7.93. The van der Waals surface area contributed by atoms with Gasteiger partial charge in [-0.15, -0.1) is 0 Å². The van der Waals surface area contributed by atoms with Gasteiger partial charge in [0.1, 0.15) is 36.2 Å². The Labute approximate surface area is 92.8 Å². The van der Waals surface area contributed by atoms with E-state index in [0.717, 1.165) is 11.4 Å². The third-order valence-electron chi connectivity index (χ3n) is 2.52. The van der Waals surface area contributed by atoms with Gasteiger partial charge in [0.2, 0.25) is 12.7 Å². The fourth-order valence-electron chi connectivity index (χ4n) is 1.71. The second-order valence-corrected chi connectivity index (χ2v) is 3.56. The molecule has 1 aromatic carbocycles. The van der Waals surface area contributed by atoms with Crippen LogP contribution in [0, 0.1) is 0 Å². The van der Waals surface area contributed by atoms with E-state index in [0.29, 0.717) is 0 Å². The Morgan fingerprint density at radius 2 is 1.38 bits per heavy atom. The smallest absolute Gasteiger partial charge is 0.246 e. The van der Waals surface area contributed by atoms with Gasteiger partial charge in [-0.2, -0.15) is 0 Å². The van der Waals surface area contributed by atoms with Crippen LogP contribution in [0.4, 0.5) is 0 Å². The molecule has 0 aliphatic rings. The molecule has 0 saturated carbocycles. The van der Waals surface area contributed by atoms with E-state index in [1.807, 2.05) is 52.6 Å². The summed E-state index contributed by atoms with van der Waals surface area (Å²) >= 11 is 0. The minimum Gasteiger partial charge on any atom is -0.250 e. The van der Waals surface area contributed by atoms with Crippen molar-refractivity contribution in [1.29, 1.82) is 0 Å². The first kappa shape index (κ1) is 8.91. The number of nitrogens with one attached hydrogen (secondary N) is 2. The molecule has 0 bridgehead atoms. The summed E-state index contributed by atoms with van der Waals surface area (Å²) in [5.74, 6) is 0. The molecule has 2 N–H and O–H groups in total. The van der Waals surface area contributed by atoms with E-state index in [1.54, 1.807) is 0 Å². The summed E-state index contributed by atoms with van der Waals surface area (Å²) in [5, 5.41) is 0. The summed E-state index contributed by atoms with van der Waals surface area (Å²) in [6, 6.07) is 8.32. The number of H-pyrrole nitrogens is 2. The van der Waals surface area contributed by atoms with Crippen LogP contribution in [0.5, 0.6) is 0 Å². The van der Waals surface area contributed by atoms with Crippen LogP contribution in [-0.4, -0.2) is 9.97 Å². The van der Waals surface area contributed by atoms with E-state index in [1.165, 1.54) is 0 Å². The minimum atomic E-state index is 1.13. The maximum Gasteiger partial charge on any atom is 0.246 e. The Bertz CT molecular complexity index is 517. The minimum absolute atomic E-state index is 1.13. The van der Waals surface area contributed by atoms with Crippen LogP contribution >= 0.6 is 0 Å². The molecule has 4 heteroatoms. The quantitative estimate of drug-likeness (QED) is 0.592. The monoisotopic (exact) mass is 212 g/mol. The molecule has 0 amide bonds. The van der Waals surface area contributed by atoms with Gasteiger partial charge < -0.3 is 0 Å². The third kappa shape index (κ3) is 1.50. The van der Waals surface area contributed by atoms with E-state index in [2.05, 4.69) is 28.2 Å². The van der Waals surface area contributed by atoms with Crippen molar-refractivity contribution in [2.24, 2.45) is 0 Å². The number of hydrogen-bond donors (Lipinski definition) is 2. The topological polar surface area (TPSA) is 39.3 Å². The van der Waals surface area contributed by atoms with Crippen LogP contribution in [0.25, 0.3) is 11.4 Å². The Hall–Kier alpha value is -2.36. The first-order valence-electron chi connectivity index (χ1n) is 5.12. The van der Waals surface area contributed by atoms with Crippen molar-refractivity contribution in [2.45, 2.75) is 0 Å². The fraction of sp³-hybridized carbons (Fsp3) is 0. The Morgan fingerprint density at radius 3 is 1.81 bits per heavy atom. The van der Waals surface area contributed by atoms with Gasteiger partial charge in [0, 0.05) is 6.07 Å². The van der Waals surface area contributed by atoms with Crippen molar-refractivity contribution in [2.75, 3.05) is 0 Å². The molecule has 0 saturated heterocycles. The van der Waals surface area contributed by atoms with E-state index in [4.69, 9.17) is 0 Å². The van der Waals surface area contributed by atoms with Gasteiger partial charge in [-0.3, -0.25) is 0 Å². The van der Waals surface area contributed by atoms with Gasteiger partial charge >= 0.3 is 0 Å². The number of benzene rings is 1. The molecule has 0 aliphatic carbocycles. The molecular weight excluding hydrogens is 200 g/mol. The highest BCUT2D eigenvalue weighted by Gasteiger charge is 2.06. The molecule has 4 nitrogen and oxygen atoms in total. The Kier molecular flexibility index (Phi) is 2.04. The van der Waals surface area contributed by atoms with Crippen molar-refractivity contribution in [3.8, 4) is 11.4 Å². The number of hydrogen-bond acceptors (Lipinski definition) is 0. The molecular formula is C12H12N4+2. The summed E-state index contributed by atoms with van der Waals surface area (Å²) < 4.78 is 4.08.